The van der Waals surface area contributed by atoms with Crippen LogP contribution in [0.25, 0.3) is 10.9 Å². The highest BCUT2D eigenvalue weighted by atomic mass is 16.8. The fourth-order valence-electron chi connectivity index (χ4n) is 5.06. The standard InChI is InChI=1S/C27H30N2O4/c30-26(31)27(29-33-27)17-24(19-7-3-1-2-4-8-19)20-12-15-23(16-13-20)32-18-22-14-11-21-9-5-6-10-25(21)28-22/h5-6,9-16,19,24,29H,1-4,7-8,17-18H2,(H,30,31). The van der Waals surface area contributed by atoms with Gasteiger partial charge in [0.2, 0.25) is 0 Å². The van der Waals surface area contributed by atoms with Gasteiger partial charge in [-0.3, -0.25) is 4.84 Å². The third-order valence-corrected chi connectivity index (χ3v) is 7.02. The number of aliphatic carboxylic acids is 1. The van der Waals surface area contributed by atoms with Crippen molar-refractivity contribution in [3.63, 3.8) is 0 Å². The molecule has 2 N–H and O–H groups in total. The Labute approximate surface area is 193 Å². The smallest absolute Gasteiger partial charge is 0.355 e. The number of fused-ring (bicyclic) bond motifs is 1. The summed E-state index contributed by atoms with van der Waals surface area (Å²) in [6.45, 7) is 0.399. The van der Waals surface area contributed by atoms with E-state index in [1.165, 1.54) is 25.7 Å². The van der Waals surface area contributed by atoms with Gasteiger partial charge in [-0.2, -0.15) is 5.48 Å². The highest BCUT2D eigenvalue weighted by Crippen LogP contribution is 2.43. The predicted octanol–water partition coefficient (Wildman–Crippen LogP) is 5.57. The lowest BCUT2D eigenvalue weighted by molar-refractivity contribution is -0.143. The van der Waals surface area contributed by atoms with E-state index in [9.17, 15) is 9.90 Å². The van der Waals surface area contributed by atoms with Crippen molar-refractivity contribution in [2.24, 2.45) is 5.92 Å². The monoisotopic (exact) mass is 446 g/mol. The number of hydrogen-bond acceptors (Lipinski definition) is 5. The van der Waals surface area contributed by atoms with Crippen molar-refractivity contribution in [2.75, 3.05) is 0 Å². The van der Waals surface area contributed by atoms with Crippen LogP contribution in [0.4, 0.5) is 0 Å². The zero-order valence-corrected chi connectivity index (χ0v) is 18.7. The van der Waals surface area contributed by atoms with Gasteiger partial charge in [-0.1, -0.05) is 62.1 Å². The van der Waals surface area contributed by atoms with Crippen LogP contribution in [0.15, 0.2) is 60.7 Å². The van der Waals surface area contributed by atoms with Crippen LogP contribution < -0.4 is 10.2 Å². The fourth-order valence-corrected chi connectivity index (χ4v) is 5.06. The van der Waals surface area contributed by atoms with Gasteiger partial charge in [-0.05, 0) is 54.5 Å². The maximum absolute atomic E-state index is 11.7. The average Bonchev–Trinajstić information content (AvgIpc) is 3.66. The van der Waals surface area contributed by atoms with Crippen LogP contribution in [0.2, 0.25) is 0 Å². The molecule has 0 bridgehead atoms. The van der Waals surface area contributed by atoms with E-state index in [1.807, 2.05) is 42.5 Å². The average molecular weight is 447 g/mol. The molecular weight excluding hydrogens is 416 g/mol. The van der Waals surface area contributed by atoms with E-state index in [4.69, 9.17) is 9.57 Å². The highest BCUT2D eigenvalue weighted by molar-refractivity contribution is 5.79. The van der Waals surface area contributed by atoms with E-state index in [2.05, 4.69) is 28.7 Å². The van der Waals surface area contributed by atoms with Crippen LogP contribution in [0, 0.1) is 5.92 Å². The highest BCUT2D eigenvalue weighted by Gasteiger charge is 2.55. The van der Waals surface area contributed by atoms with Gasteiger partial charge in [0, 0.05) is 11.8 Å². The molecule has 1 aromatic heterocycles. The molecule has 172 valence electrons. The maximum Gasteiger partial charge on any atom is 0.355 e. The van der Waals surface area contributed by atoms with Gasteiger partial charge in [-0.25, -0.2) is 9.78 Å². The van der Waals surface area contributed by atoms with Gasteiger partial charge in [0.1, 0.15) is 12.4 Å². The van der Waals surface area contributed by atoms with Crippen LogP contribution in [0.5, 0.6) is 5.75 Å². The largest absolute Gasteiger partial charge is 0.487 e. The van der Waals surface area contributed by atoms with E-state index in [-0.39, 0.29) is 5.92 Å². The Morgan fingerprint density at radius 1 is 1.06 bits per heavy atom. The number of aromatic nitrogens is 1. The van der Waals surface area contributed by atoms with Gasteiger partial charge < -0.3 is 9.84 Å². The van der Waals surface area contributed by atoms with Gasteiger partial charge in [-0.15, -0.1) is 0 Å². The fraction of sp³-hybridized carbons (Fsp3) is 0.407. The Morgan fingerprint density at radius 3 is 2.48 bits per heavy atom. The summed E-state index contributed by atoms with van der Waals surface area (Å²) in [4.78, 5) is 21.6. The van der Waals surface area contributed by atoms with Crippen LogP contribution in [-0.2, 0) is 16.2 Å². The summed E-state index contributed by atoms with van der Waals surface area (Å²) in [5, 5.41) is 10.7. The van der Waals surface area contributed by atoms with Crippen molar-refractivity contribution in [2.45, 2.75) is 63.2 Å². The molecule has 0 amide bonds. The summed E-state index contributed by atoms with van der Waals surface area (Å²) in [6, 6.07) is 20.2. The molecule has 3 aromatic rings. The second-order valence-electron chi connectivity index (χ2n) is 9.25. The van der Waals surface area contributed by atoms with Crippen molar-refractivity contribution < 1.29 is 19.5 Å². The molecule has 1 saturated heterocycles. The van der Waals surface area contributed by atoms with Gasteiger partial charge in [0.25, 0.3) is 5.72 Å². The van der Waals surface area contributed by atoms with Gasteiger partial charge in [0.05, 0.1) is 11.2 Å². The van der Waals surface area contributed by atoms with Gasteiger partial charge in [0.15, 0.2) is 0 Å². The van der Waals surface area contributed by atoms with Crippen LogP contribution >= 0.6 is 0 Å². The topological polar surface area (TPSA) is 93.9 Å². The first kappa shape index (κ1) is 21.9. The summed E-state index contributed by atoms with van der Waals surface area (Å²) in [6.07, 6.45) is 7.63. The number of benzene rings is 2. The molecule has 1 saturated carbocycles. The van der Waals surface area contributed by atoms with Crippen molar-refractivity contribution in [1.82, 2.24) is 10.5 Å². The zero-order chi connectivity index (χ0) is 22.7. The lowest BCUT2D eigenvalue weighted by Crippen LogP contribution is -2.31. The maximum atomic E-state index is 11.7. The first-order chi connectivity index (χ1) is 16.1. The van der Waals surface area contributed by atoms with E-state index >= 15 is 0 Å². The predicted molar refractivity (Wildman–Crippen MR) is 126 cm³/mol. The Kier molecular flexibility index (Phi) is 6.29. The molecule has 2 aromatic carbocycles. The Morgan fingerprint density at radius 2 is 1.79 bits per heavy atom. The molecule has 33 heavy (non-hydrogen) atoms. The summed E-state index contributed by atoms with van der Waals surface area (Å²) < 4.78 is 6.00. The van der Waals surface area contributed by atoms with Crippen molar-refractivity contribution in [1.29, 1.82) is 0 Å². The summed E-state index contributed by atoms with van der Waals surface area (Å²) in [5.74, 6) is 0.430. The Bertz CT molecular complexity index is 1100. The van der Waals surface area contributed by atoms with Crippen LogP contribution in [0.1, 0.15) is 62.1 Å². The number of pyridine rings is 1. The summed E-state index contributed by atoms with van der Waals surface area (Å²) in [7, 11) is 0. The van der Waals surface area contributed by atoms with E-state index in [0.29, 0.717) is 18.9 Å². The van der Waals surface area contributed by atoms with Crippen molar-refractivity contribution >= 4 is 16.9 Å². The lowest BCUT2D eigenvalue weighted by Gasteiger charge is -2.27. The molecule has 0 radical (unpaired) electrons. The minimum Gasteiger partial charge on any atom is -0.487 e. The van der Waals surface area contributed by atoms with E-state index < -0.39 is 11.7 Å². The molecule has 1 aliphatic carbocycles. The summed E-state index contributed by atoms with van der Waals surface area (Å²) in [5.41, 5.74) is 4.39. The molecule has 2 unspecified atom stereocenters. The molecule has 5 rings (SSSR count). The molecular formula is C27H30N2O4. The molecule has 2 aliphatic rings. The molecule has 1 aliphatic heterocycles. The number of carbonyl (C=O) groups is 1. The molecule has 2 atom stereocenters. The first-order valence-electron chi connectivity index (χ1n) is 11.9. The molecule has 6 nitrogen and oxygen atoms in total. The molecule has 2 fully saturated rings. The van der Waals surface area contributed by atoms with Crippen LogP contribution in [-0.4, -0.2) is 21.8 Å². The van der Waals surface area contributed by atoms with E-state index in [1.54, 1.807) is 0 Å². The number of nitrogens with one attached hydrogen (secondary N) is 1. The number of nitrogens with zero attached hydrogens (tertiary/aromatic N) is 1. The number of rotatable bonds is 8. The number of hydrogen-bond donors (Lipinski definition) is 2. The Balaban J connectivity index is 1.29. The number of carboxylic acids is 1. The minimum absolute atomic E-state index is 0.130. The second-order valence-corrected chi connectivity index (χ2v) is 9.25. The second kappa shape index (κ2) is 9.49. The number of hydroxylamine groups is 1. The quantitative estimate of drug-likeness (QED) is 0.347. The van der Waals surface area contributed by atoms with Crippen molar-refractivity contribution in [3.05, 3.63) is 71.9 Å². The third-order valence-electron chi connectivity index (χ3n) is 7.02. The summed E-state index contributed by atoms with van der Waals surface area (Å²) >= 11 is 0. The molecule has 0 spiro atoms. The lowest BCUT2D eigenvalue weighted by atomic mass is 9.77. The number of carboxylic acid groups (broad SMARTS) is 1. The van der Waals surface area contributed by atoms with Crippen molar-refractivity contribution in [3.8, 4) is 5.75 Å². The van der Waals surface area contributed by atoms with Crippen LogP contribution in [0.3, 0.4) is 0 Å². The SMILES string of the molecule is O=C(O)C1(CC(c2ccc(OCc3ccc4ccccc4n3)cc2)C2CCCCCC2)NO1. The van der Waals surface area contributed by atoms with Gasteiger partial charge >= 0.3 is 5.97 Å². The Hall–Kier alpha value is -2.96. The normalized spacial score (nSPS) is 21.9. The van der Waals surface area contributed by atoms with E-state index in [0.717, 1.165) is 40.8 Å². The molecule has 2 heterocycles. The molecule has 6 heteroatoms. The number of para-hydroxylation sites is 1. The zero-order valence-electron chi connectivity index (χ0n) is 18.7. The third kappa shape index (κ3) is 5.02. The minimum atomic E-state index is -1.24. The first-order valence-corrected chi connectivity index (χ1v) is 11.9. The number of ether oxygens (including phenoxy) is 1.